The van der Waals surface area contributed by atoms with Gasteiger partial charge in [0.1, 0.15) is 0 Å². The number of ether oxygens (including phenoxy) is 2. The molecule has 1 aromatic carbocycles. The normalized spacial score (nSPS) is 25.3. The van der Waals surface area contributed by atoms with Gasteiger partial charge in [-0.1, -0.05) is 12.8 Å². The number of piperidine rings is 1. The Balaban J connectivity index is 1.94. The second-order valence-electron chi connectivity index (χ2n) is 6.21. The third kappa shape index (κ3) is 2.63. The van der Waals surface area contributed by atoms with Crippen molar-refractivity contribution in [2.24, 2.45) is 5.92 Å². The van der Waals surface area contributed by atoms with Gasteiger partial charge in [-0.2, -0.15) is 0 Å². The molecule has 4 nitrogen and oxygen atoms in total. The molecule has 4 heteroatoms. The van der Waals surface area contributed by atoms with Gasteiger partial charge < -0.3 is 20.1 Å². The number of anilines is 2. The number of fused-ring (bicyclic) bond motifs is 1. The summed E-state index contributed by atoms with van der Waals surface area (Å²) in [6, 6.07) is 4.58. The van der Waals surface area contributed by atoms with E-state index in [0.29, 0.717) is 11.8 Å². The quantitative estimate of drug-likeness (QED) is 0.866. The van der Waals surface area contributed by atoms with Crippen molar-refractivity contribution in [3.05, 3.63) is 12.1 Å². The SMILES string of the molecule is COc1cc(N)c(N2CCC[C@H]3CCCC[C@H]32)cc1OC. The molecule has 1 saturated carbocycles. The molecule has 1 aliphatic heterocycles. The van der Waals surface area contributed by atoms with E-state index in [1.165, 1.54) is 38.5 Å². The first-order valence-corrected chi connectivity index (χ1v) is 8.02. The number of hydrogen-bond donors (Lipinski definition) is 1. The second-order valence-corrected chi connectivity index (χ2v) is 6.21. The van der Waals surface area contributed by atoms with E-state index in [2.05, 4.69) is 4.90 Å². The minimum Gasteiger partial charge on any atom is -0.493 e. The van der Waals surface area contributed by atoms with Crippen molar-refractivity contribution < 1.29 is 9.47 Å². The summed E-state index contributed by atoms with van der Waals surface area (Å²) < 4.78 is 10.8. The molecule has 116 valence electrons. The molecule has 1 saturated heterocycles. The predicted octanol–water partition coefficient (Wildman–Crippen LogP) is 3.45. The van der Waals surface area contributed by atoms with Crippen LogP contribution in [0.15, 0.2) is 12.1 Å². The van der Waals surface area contributed by atoms with Gasteiger partial charge in [-0.15, -0.1) is 0 Å². The molecule has 1 aromatic rings. The summed E-state index contributed by atoms with van der Waals surface area (Å²) in [4.78, 5) is 2.52. The number of nitrogens with two attached hydrogens (primary N) is 1. The number of rotatable bonds is 3. The van der Waals surface area contributed by atoms with Gasteiger partial charge in [0.05, 0.1) is 25.6 Å². The Bertz CT molecular complexity index is 502. The van der Waals surface area contributed by atoms with E-state index in [-0.39, 0.29) is 0 Å². The van der Waals surface area contributed by atoms with E-state index in [1.807, 2.05) is 12.1 Å². The molecular formula is C17H26N2O2. The van der Waals surface area contributed by atoms with Crippen molar-refractivity contribution in [2.45, 2.75) is 44.6 Å². The Hall–Kier alpha value is -1.58. The van der Waals surface area contributed by atoms with Crippen LogP contribution >= 0.6 is 0 Å². The molecule has 1 heterocycles. The highest BCUT2D eigenvalue weighted by Gasteiger charge is 2.34. The minimum atomic E-state index is 0.646. The van der Waals surface area contributed by atoms with E-state index in [9.17, 15) is 0 Å². The maximum absolute atomic E-state index is 6.30. The molecule has 2 N–H and O–H groups in total. The third-order valence-electron chi connectivity index (χ3n) is 5.09. The summed E-state index contributed by atoms with van der Waals surface area (Å²) in [5.74, 6) is 2.30. The predicted molar refractivity (Wildman–Crippen MR) is 86.3 cm³/mol. The minimum absolute atomic E-state index is 0.646. The van der Waals surface area contributed by atoms with Crippen LogP contribution in [0.2, 0.25) is 0 Å². The fourth-order valence-electron chi connectivity index (χ4n) is 4.06. The number of methoxy groups -OCH3 is 2. The molecule has 0 unspecified atom stereocenters. The van der Waals surface area contributed by atoms with Crippen LogP contribution < -0.4 is 20.1 Å². The van der Waals surface area contributed by atoms with Crippen molar-refractivity contribution in [2.75, 3.05) is 31.4 Å². The van der Waals surface area contributed by atoms with Crippen molar-refractivity contribution >= 4 is 11.4 Å². The van der Waals surface area contributed by atoms with Crippen LogP contribution in [0.5, 0.6) is 11.5 Å². The summed E-state index contributed by atoms with van der Waals surface area (Å²) in [6.07, 6.45) is 8.01. The van der Waals surface area contributed by atoms with Gasteiger partial charge in [-0.05, 0) is 31.6 Å². The fourth-order valence-corrected chi connectivity index (χ4v) is 4.06. The summed E-state index contributed by atoms with van der Waals surface area (Å²) in [5.41, 5.74) is 8.20. The molecule has 0 spiro atoms. The van der Waals surface area contributed by atoms with E-state index in [0.717, 1.165) is 29.6 Å². The van der Waals surface area contributed by atoms with Crippen LogP contribution in [-0.4, -0.2) is 26.8 Å². The van der Waals surface area contributed by atoms with Crippen LogP contribution in [-0.2, 0) is 0 Å². The molecule has 1 aliphatic carbocycles. The van der Waals surface area contributed by atoms with Crippen molar-refractivity contribution in [3.8, 4) is 11.5 Å². The van der Waals surface area contributed by atoms with Crippen molar-refractivity contribution in [3.63, 3.8) is 0 Å². The maximum Gasteiger partial charge on any atom is 0.162 e. The van der Waals surface area contributed by atoms with E-state index in [4.69, 9.17) is 15.2 Å². The monoisotopic (exact) mass is 290 g/mol. The standard InChI is InChI=1S/C17H26N2O2/c1-20-16-10-13(18)15(11-17(16)21-2)19-9-5-7-12-6-3-4-8-14(12)19/h10-12,14H,3-9,18H2,1-2H3/t12-,14-/m1/s1. The first kappa shape index (κ1) is 14.4. The zero-order valence-corrected chi connectivity index (χ0v) is 13.1. The van der Waals surface area contributed by atoms with Gasteiger partial charge in [0.25, 0.3) is 0 Å². The molecule has 0 radical (unpaired) electrons. The molecular weight excluding hydrogens is 264 g/mol. The molecule has 0 amide bonds. The zero-order chi connectivity index (χ0) is 14.8. The maximum atomic E-state index is 6.30. The summed E-state index contributed by atoms with van der Waals surface area (Å²) in [5, 5.41) is 0. The fraction of sp³-hybridized carbons (Fsp3) is 0.647. The van der Waals surface area contributed by atoms with Crippen LogP contribution in [0.4, 0.5) is 11.4 Å². The summed E-state index contributed by atoms with van der Waals surface area (Å²) >= 11 is 0. The van der Waals surface area contributed by atoms with Crippen molar-refractivity contribution in [1.82, 2.24) is 0 Å². The third-order valence-corrected chi connectivity index (χ3v) is 5.09. The Morgan fingerprint density at radius 2 is 1.67 bits per heavy atom. The van der Waals surface area contributed by atoms with E-state index < -0.39 is 0 Å². The number of benzene rings is 1. The highest BCUT2D eigenvalue weighted by molar-refractivity contribution is 5.73. The molecule has 0 bridgehead atoms. The molecule has 2 aliphatic rings. The van der Waals surface area contributed by atoms with Gasteiger partial charge >= 0.3 is 0 Å². The zero-order valence-electron chi connectivity index (χ0n) is 13.1. The lowest BCUT2D eigenvalue weighted by molar-refractivity contribution is 0.244. The highest BCUT2D eigenvalue weighted by atomic mass is 16.5. The van der Waals surface area contributed by atoms with Gasteiger partial charge in [0.15, 0.2) is 11.5 Å². The van der Waals surface area contributed by atoms with Gasteiger partial charge in [0, 0.05) is 24.7 Å². The smallest absolute Gasteiger partial charge is 0.162 e. The molecule has 2 fully saturated rings. The summed E-state index contributed by atoms with van der Waals surface area (Å²) in [6.45, 7) is 1.10. The largest absolute Gasteiger partial charge is 0.493 e. The first-order valence-electron chi connectivity index (χ1n) is 8.02. The second kappa shape index (κ2) is 6.04. The lowest BCUT2D eigenvalue weighted by Crippen LogP contribution is -2.47. The van der Waals surface area contributed by atoms with Gasteiger partial charge in [-0.3, -0.25) is 0 Å². The Labute approximate surface area is 127 Å². The Morgan fingerprint density at radius 3 is 2.43 bits per heavy atom. The van der Waals surface area contributed by atoms with E-state index in [1.54, 1.807) is 14.2 Å². The van der Waals surface area contributed by atoms with Crippen LogP contribution in [0.25, 0.3) is 0 Å². The lowest BCUT2D eigenvalue weighted by Gasteiger charge is -2.45. The highest BCUT2D eigenvalue weighted by Crippen LogP contribution is 2.43. The topological polar surface area (TPSA) is 47.7 Å². The average molecular weight is 290 g/mol. The van der Waals surface area contributed by atoms with Crippen LogP contribution in [0.1, 0.15) is 38.5 Å². The lowest BCUT2D eigenvalue weighted by atomic mass is 9.78. The van der Waals surface area contributed by atoms with E-state index >= 15 is 0 Å². The Kier molecular flexibility index (Phi) is 4.13. The van der Waals surface area contributed by atoms with Crippen LogP contribution in [0.3, 0.4) is 0 Å². The molecule has 0 aromatic heterocycles. The first-order chi connectivity index (χ1) is 10.2. The average Bonchev–Trinajstić information content (AvgIpc) is 2.54. The number of nitrogens with zero attached hydrogens (tertiary/aromatic N) is 1. The number of nitrogen functional groups attached to an aromatic ring is 1. The molecule has 21 heavy (non-hydrogen) atoms. The van der Waals surface area contributed by atoms with Crippen molar-refractivity contribution in [1.29, 1.82) is 0 Å². The van der Waals surface area contributed by atoms with Gasteiger partial charge in [-0.25, -0.2) is 0 Å². The molecule has 3 rings (SSSR count). The molecule has 2 atom stereocenters. The Morgan fingerprint density at radius 1 is 1.00 bits per heavy atom. The van der Waals surface area contributed by atoms with Gasteiger partial charge in [0.2, 0.25) is 0 Å². The number of hydrogen-bond acceptors (Lipinski definition) is 4. The summed E-state index contributed by atoms with van der Waals surface area (Å²) in [7, 11) is 3.33. The van der Waals surface area contributed by atoms with Crippen LogP contribution in [0, 0.1) is 5.92 Å².